The van der Waals surface area contributed by atoms with Gasteiger partial charge in [-0.25, -0.2) is 4.39 Å². The van der Waals surface area contributed by atoms with Crippen molar-refractivity contribution in [2.75, 3.05) is 0 Å². The van der Waals surface area contributed by atoms with Crippen LogP contribution in [0.1, 0.15) is 77.1 Å². The number of hydrogen-bond acceptors (Lipinski definition) is 0. The molecular formula is C33H33F. The Labute approximate surface area is 204 Å². The lowest BCUT2D eigenvalue weighted by Gasteiger charge is -2.26. The largest absolute Gasteiger partial charge is 0.207 e. The summed E-state index contributed by atoms with van der Waals surface area (Å²) < 4.78 is 13.8. The van der Waals surface area contributed by atoms with Crippen LogP contribution in [0.2, 0.25) is 0 Å². The molecule has 0 unspecified atom stereocenters. The zero-order valence-electron chi connectivity index (χ0n) is 20.8. The van der Waals surface area contributed by atoms with E-state index in [1.54, 1.807) is 13.0 Å². The van der Waals surface area contributed by atoms with Gasteiger partial charge in [-0.05, 0) is 111 Å². The van der Waals surface area contributed by atoms with Crippen molar-refractivity contribution >= 4 is 0 Å². The van der Waals surface area contributed by atoms with Crippen LogP contribution in [0.25, 0.3) is 0 Å². The maximum Gasteiger partial charge on any atom is 0.127 e. The molecule has 172 valence electrons. The van der Waals surface area contributed by atoms with E-state index >= 15 is 0 Å². The topological polar surface area (TPSA) is 0 Å². The summed E-state index contributed by atoms with van der Waals surface area (Å²) >= 11 is 0. The van der Waals surface area contributed by atoms with E-state index in [0.717, 1.165) is 39.7 Å². The third-order valence-corrected chi connectivity index (χ3v) is 7.00. The van der Waals surface area contributed by atoms with Gasteiger partial charge in [0.15, 0.2) is 0 Å². The van der Waals surface area contributed by atoms with E-state index < -0.39 is 0 Å². The van der Waals surface area contributed by atoms with Crippen LogP contribution < -0.4 is 0 Å². The van der Waals surface area contributed by atoms with E-state index in [2.05, 4.69) is 80.9 Å². The minimum absolute atomic E-state index is 0.220. The molecule has 0 atom stereocenters. The van der Waals surface area contributed by atoms with E-state index in [4.69, 9.17) is 0 Å². The summed E-state index contributed by atoms with van der Waals surface area (Å²) in [6, 6.07) is 18.1. The predicted octanol–water partition coefficient (Wildman–Crippen LogP) is 7.92. The van der Waals surface area contributed by atoms with Crippen molar-refractivity contribution < 1.29 is 4.39 Å². The first-order valence-corrected chi connectivity index (χ1v) is 12.4. The van der Waals surface area contributed by atoms with E-state index in [1.807, 2.05) is 6.07 Å². The zero-order chi connectivity index (χ0) is 24.1. The maximum atomic E-state index is 13.8. The molecule has 0 bridgehead atoms. The molecular weight excluding hydrogens is 415 g/mol. The summed E-state index contributed by atoms with van der Waals surface area (Å²) in [6.07, 6.45) is 6.67. The van der Waals surface area contributed by atoms with Crippen molar-refractivity contribution in [2.45, 2.75) is 59.8 Å². The van der Waals surface area contributed by atoms with Crippen molar-refractivity contribution in [3.63, 3.8) is 0 Å². The molecule has 4 rings (SSSR count). The third-order valence-electron chi connectivity index (χ3n) is 7.00. The first kappa shape index (κ1) is 23.9. The second kappa shape index (κ2) is 10.8. The molecule has 0 N–H and O–H groups in total. The summed E-state index contributed by atoms with van der Waals surface area (Å²) in [6.45, 7) is 8.24. The van der Waals surface area contributed by atoms with Gasteiger partial charge < -0.3 is 0 Å². The number of halogens is 1. The average Bonchev–Trinajstić information content (AvgIpc) is 2.82. The van der Waals surface area contributed by atoms with Gasteiger partial charge in [-0.15, -0.1) is 0 Å². The molecule has 0 radical (unpaired) electrons. The summed E-state index contributed by atoms with van der Waals surface area (Å²) in [5, 5.41) is 0. The molecule has 0 nitrogen and oxygen atoms in total. The van der Waals surface area contributed by atoms with Crippen molar-refractivity contribution in [2.24, 2.45) is 11.8 Å². The van der Waals surface area contributed by atoms with E-state index in [-0.39, 0.29) is 5.82 Å². The van der Waals surface area contributed by atoms with Gasteiger partial charge in [0.2, 0.25) is 0 Å². The lowest BCUT2D eigenvalue weighted by molar-refractivity contribution is 0.289. The highest BCUT2D eigenvalue weighted by molar-refractivity contribution is 5.55. The van der Waals surface area contributed by atoms with Crippen LogP contribution in [0.5, 0.6) is 0 Å². The average molecular weight is 449 g/mol. The van der Waals surface area contributed by atoms with Gasteiger partial charge >= 0.3 is 0 Å². The van der Waals surface area contributed by atoms with Gasteiger partial charge in [0, 0.05) is 22.3 Å². The molecule has 0 aromatic heterocycles. The monoisotopic (exact) mass is 448 g/mol. The SMILES string of the molecule is Cc1ccc(C#Cc2c(C)cc(C#Cc3ccc(CC4CCC(C)CC4)cc3)cc2C)cc1F. The number of rotatable bonds is 2. The minimum Gasteiger partial charge on any atom is -0.207 e. The molecule has 0 heterocycles. The van der Waals surface area contributed by atoms with Gasteiger partial charge in [-0.2, -0.15) is 0 Å². The van der Waals surface area contributed by atoms with Crippen LogP contribution in [-0.4, -0.2) is 0 Å². The summed E-state index contributed by atoms with van der Waals surface area (Å²) in [5.41, 5.74) is 7.93. The van der Waals surface area contributed by atoms with Gasteiger partial charge in [0.1, 0.15) is 5.82 Å². The lowest BCUT2D eigenvalue weighted by Crippen LogP contribution is -2.14. The second-order valence-electron chi connectivity index (χ2n) is 9.98. The van der Waals surface area contributed by atoms with Crippen LogP contribution in [0.15, 0.2) is 54.6 Å². The van der Waals surface area contributed by atoms with Crippen LogP contribution in [-0.2, 0) is 6.42 Å². The van der Waals surface area contributed by atoms with E-state index in [9.17, 15) is 4.39 Å². The number of hydrogen-bond donors (Lipinski definition) is 0. The van der Waals surface area contributed by atoms with Gasteiger partial charge in [0.05, 0.1) is 0 Å². The summed E-state index contributed by atoms with van der Waals surface area (Å²) in [5.74, 6) is 14.5. The number of aryl methyl sites for hydroxylation is 3. The quantitative estimate of drug-likeness (QED) is 0.349. The van der Waals surface area contributed by atoms with Crippen LogP contribution in [0, 0.1) is 62.1 Å². The van der Waals surface area contributed by atoms with Crippen molar-refractivity contribution in [1.29, 1.82) is 0 Å². The Morgan fingerprint density at radius 1 is 0.676 bits per heavy atom. The molecule has 0 saturated heterocycles. The Bertz CT molecular complexity index is 1260. The Kier molecular flexibility index (Phi) is 7.55. The maximum absolute atomic E-state index is 13.8. The van der Waals surface area contributed by atoms with Crippen LogP contribution >= 0.6 is 0 Å². The summed E-state index contributed by atoms with van der Waals surface area (Å²) in [4.78, 5) is 0. The molecule has 1 aliphatic rings. The first-order valence-electron chi connectivity index (χ1n) is 12.4. The molecule has 1 fully saturated rings. The Balaban J connectivity index is 1.44. The van der Waals surface area contributed by atoms with Crippen molar-refractivity contribution in [1.82, 2.24) is 0 Å². The fourth-order valence-electron chi connectivity index (χ4n) is 4.77. The highest BCUT2D eigenvalue weighted by atomic mass is 19.1. The molecule has 1 saturated carbocycles. The Morgan fingerprint density at radius 3 is 1.91 bits per heavy atom. The minimum atomic E-state index is -0.220. The fraction of sp³-hybridized carbons (Fsp3) is 0.333. The molecule has 1 heteroatoms. The molecule has 3 aromatic carbocycles. The molecule has 1 aliphatic carbocycles. The van der Waals surface area contributed by atoms with Gasteiger partial charge in [-0.3, -0.25) is 0 Å². The van der Waals surface area contributed by atoms with Crippen molar-refractivity contribution in [3.05, 3.63) is 105 Å². The second-order valence-corrected chi connectivity index (χ2v) is 9.98. The first-order chi connectivity index (χ1) is 16.4. The molecule has 0 amide bonds. The zero-order valence-corrected chi connectivity index (χ0v) is 20.8. The van der Waals surface area contributed by atoms with Crippen LogP contribution in [0.3, 0.4) is 0 Å². The predicted molar refractivity (Wildman–Crippen MR) is 140 cm³/mol. The van der Waals surface area contributed by atoms with Crippen molar-refractivity contribution in [3.8, 4) is 23.7 Å². The highest BCUT2D eigenvalue weighted by Gasteiger charge is 2.18. The van der Waals surface area contributed by atoms with Crippen LogP contribution in [0.4, 0.5) is 4.39 Å². The number of benzene rings is 3. The molecule has 3 aromatic rings. The fourth-order valence-corrected chi connectivity index (χ4v) is 4.77. The van der Waals surface area contributed by atoms with E-state index in [1.165, 1.54) is 43.7 Å². The Morgan fingerprint density at radius 2 is 1.26 bits per heavy atom. The van der Waals surface area contributed by atoms with E-state index in [0.29, 0.717) is 11.1 Å². The lowest BCUT2D eigenvalue weighted by atomic mass is 9.80. The molecule has 34 heavy (non-hydrogen) atoms. The smallest absolute Gasteiger partial charge is 0.127 e. The summed E-state index contributed by atoms with van der Waals surface area (Å²) in [7, 11) is 0. The van der Waals surface area contributed by atoms with Gasteiger partial charge in [-0.1, -0.05) is 61.6 Å². The molecule has 0 aliphatic heterocycles. The Hall–Kier alpha value is -3.29. The highest BCUT2D eigenvalue weighted by Crippen LogP contribution is 2.30. The normalized spacial score (nSPS) is 17.3. The van der Waals surface area contributed by atoms with Gasteiger partial charge in [0.25, 0.3) is 0 Å². The third kappa shape index (κ3) is 6.18. The standard InChI is InChI=1S/C33H33F/c1-23-5-8-28(9-6-23)21-29-14-11-27(12-15-29)13-16-31-19-25(3)32(26(4)20-31)18-17-30-10-7-24(2)33(34)22-30/h7,10-12,14-15,19-20,22-23,28H,5-6,8-9,21H2,1-4H3. The molecule has 0 spiro atoms.